The molecule has 3 aromatic rings. The minimum atomic E-state index is 0.527. The lowest BCUT2D eigenvalue weighted by Gasteiger charge is -2.10. The number of aryl methyl sites for hydroxylation is 1. The van der Waals surface area contributed by atoms with Crippen molar-refractivity contribution in [2.24, 2.45) is 7.05 Å². The van der Waals surface area contributed by atoms with E-state index in [-0.39, 0.29) is 0 Å². The highest BCUT2D eigenvalue weighted by molar-refractivity contribution is 6.41. The Morgan fingerprint density at radius 1 is 1.17 bits per heavy atom. The Bertz CT molecular complexity index is 846. The van der Waals surface area contributed by atoms with Gasteiger partial charge in [0.05, 0.1) is 11.6 Å². The highest BCUT2D eigenvalue weighted by Crippen LogP contribution is 2.25. The van der Waals surface area contributed by atoms with Gasteiger partial charge in [-0.1, -0.05) is 36.2 Å². The highest BCUT2D eigenvalue weighted by atomic mass is 35.5. The summed E-state index contributed by atoms with van der Waals surface area (Å²) in [6.45, 7) is 2.62. The van der Waals surface area contributed by atoms with Crippen molar-refractivity contribution in [3.63, 3.8) is 0 Å². The van der Waals surface area contributed by atoms with Crippen molar-refractivity contribution in [1.82, 2.24) is 19.5 Å². The van der Waals surface area contributed by atoms with Gasteiger partial charge in [-0.15, -0.1) is 0 Å². The molecule has 0 amide bonds. The monoisotopic (exact) mass is 361 g/mol. The number of hydrogen-bond donors (Lipinski definition) is 1. The molecule has 24 heavy (non-hydrogen) atoms. The second-order valence-electron chi connectivity index (χ2n) is 5.32. The van der Waals surface area contributed by atoms with Crippen LogP contribution in [0.5, 0.6) is 0 Å². The SMILES string of the molecule is CCc1cc(NCc2cc(Cl)c(Cl)n2C)nc(-c2ccccn2)n1. The molecule has 0 fully saturated rings. The largest absolute Gasteiger partial charge is 0.364 e. The molecular formula is C17H17Cl2N5. The van der Waals surface area contributed by atoms with Crippen LogP contribution in [0.2, 0.25) is 10.2 Å². The van der Waals surface area contributed by atoms with Gasteiger partial charge in [-0.2, -0.15) is 0 Å². The maximum Gasteiger partial charge on any atom is 0.180 e. The predicted molar refractivity (Wildman–Crippen MR) is 97.4 cm³/mol. The van der Waals surface area contributed by atoms with Crippen LogP contribution in [0.3, 0.4) is 0 Å². The summed E-state index contributed by atoms with van der Waals surface area (Å²) >= 11 is 12.2. The van der Waals surface area contributed by atoms with Gasteiger partial charge in [0.1, 0.15) is 16.7 Å². The zero-order valence-corrected chi connectivity index (χ0v) is 14.9. The number of hydrogen-bond acceptors (Lipinski definition) is 4. The average molecular weight is 362 g/mol. The molecule has 0 saturated carbocycles. The minimum Gasteiger partial charge on any atom is -0.364 e. The second-order valence-corrected chi connectivity index (χ2v) is 6.09. The van der Waals surface area contributed by atoms with Crippen molar-refractivity contribution in [1.29, 1.82) is 0 Å². The van der Waals surface area contributed by atoms with Gasteiger partial charge in [0.25, 0.3) is 0 Å². The van der Waals surface area contributed by atoms with Crippen molar-refractivity contribution in [2.75, 3.05) is 5.32 Å². The number of halogens is 2. The zero-order chi connectivity index (χ0) is 17.1. The third-order valence-corrected chi connectivity index (χ3v) is 4.54. The third-order valence-electron chi connectivity index (χ3n) is 3.70. The minimum absolute atomic E-state index is 0.527. The smallest absolute Gasteiger partial charge is 0.180 e. The van der Waals surface area contributed by atoms with Gasteiger partial charge < -0.3 is 9.88 Å². The molecule has 0 atom stereocenters. The van der Waals surface area contributed by atoms with Gasteiger partial charge >= 0.3 is 0 Å². The van der Waals surface area contributed by atoms with E-state index in [0.29, 0.717) is 22.5 Å². The summed E-state index contributed by atoms with van der Waals surface area (Å²) in [7, 11) is 1.88. The molecule has 0 saturated heterocycles. The average Bonchev–Trinajstić information content (AvgIpc) is 2.87. The lowest BCUT2D eigenvalue weighted by molar-refractivity contribution is 0.840. The summed E-state index contributed by atoms with van der Waals surface area (Å²) in [5, 5.41) is 4.38. The van der Waals surface area contributed by atoms with Crippen molar-refractivity contribution < 1.29 is 0 Å². The molecule has 0 aliphatic rings. The quantitative estimate of drug-likeness (QED) is 0.733. The number of rotatable bonds is 5. The van der Waals surface area contributed by atoms with Crippen molar-refractivity contribution in [3.8, 4) is 11.5 Å². The van der Waals surface area contributed by atoms with Crippen LogP contribution < -0.4 is 5.32 Å². The Kier molecular flexibility index (Phi) is 5.02. The summed E-state index contributed by atoms with van der Waals surface area (Å²) in [4.78, 5) is 13.4. The van der Waals surface area contributed by atoms with E-state index in [4.69, 9.17) is 23.2 Å². The molecule has 1 N–H and O–H groups in total. The second kappa shape index (κ2) is 7.20. The molecule has 0 unspecified atom stereocenters. The zero-order valence-electron chi connectivity index (χ0n) is 13.4. The molecule has 5 nitrogen and oxygen atoms in total. The first kappa shape index (κ1) is 16.7. The van der Waals surface area contributed by atoms with Crippen LogP contribution in [0.4, 0.5) is 5.82 Å². The molecule has 3 heterocycles. The van der Waals surface area contributed by atoms with E-state index in [1.54, 1.807) is 6.20 Å². The molecule has 7 heteroatoms. The Morgan fingerprint density at radius 3 is 2.62 bits per heavy atom. The van der Waals surface area contributed by atoms with Crippen molar-refractivity contribution >= 4 is 29.0 Å². The molecular weight excluding hydrogens is 345 g/mol. The van der Waals surface area contributed by atoms with Crippen LogP contribution in [-0.2, 0) is 20.0 Å². The molecule has 0 aliphatic carbocycles. The normalized spacial score (nSPS) is 10.8. The molecule has 0 bridgehead atoms. The maximum atomic E-state index is 6.10. The van der Waals surface area contributed by atoms with Crippen molar-refractivity contribution in [2.45, 2.75) is 19.9 Å². The van der Waals surface area contributed by atoms with Gasteiger partial charge in [-0.05, 0) is 24.6 Å². The van der Waals surface area contributed by atoms with E-state index in [1.807, 2.05) is 41.9 Å². The Hall–Kier alpha value is -2.11. The lowest BCUT2D eigenvalue weighted by Crippen LogP contribution is -2.08. The van der Waals surface area contributed by atoms with E-state index >= 15 is 0 Å². The van der Waals surface area contributed by atoms with E-state index in [9.17, 15) is 0 Å². The van der Waals surface area contributed by atoms with Crippen LogP contribution in [-0.4, -0.2) is 19.5 Å². The Labute approximate surface area is 150 Å². The Morgan fingerprint density at radius 2 is 2.00 bits per heavy atom. The standard InChI is InChI=1S/C17H17Cl2N5/c1-3-11-8-15(21-10-12-9-13(18)16(19)24(12)2)23-17(22-11)14-6-4-5-7-20-14/h4-9H,3,10H2,1-2H3,(H,21,22,23). The summed E-state index contributed by atoms with van der Waals surface area (Å²) in [6.07, 6.45) is 2.55. The number of anilines is 1. The fraction of sp³-hybridized carbons (Fsp3) is 0.235. The van der Waals surface area contributed by atoms with Crippen LogP contribution in [0.1, 0.15) is 18.3 Å². The number of aromatic nitrogens is 4. The van der Waals surface area contributed by atoms with E-state index in [2.05, 4.69) is 27.2 Å². The Balaban J connectivity index is 1.86. The van der Waals surface area contributed by atoms with E-state index < -0.39 is 0 Å². The van der Waals surface area contributed by atoms with Gasteiger partial charge in [-0.3, -0.25) is 4.98 Å². The first-order chi connectivity index (χ1) is 11.6. The molecule has 0 spiro atoms. The lowest BCUT2D eigenvalue weighted by atomic mass is 10.2. The van der Waals surface area contributed by atoms with E-state index in [1.165, 1.54) is 0 Å². The number of nitrogens with one attached hydrogen (secondary N) is 1. The molecule has 3 rings (SSSR count). The topological polar surface area (TPSA) is 55.6 Å². The summed E-state index contributed by atoms with van der Waals surface area (Å²) < 4.78 is 1.85. The summed E-state index contributed by atoms with van der Waals surface area (Å²) in [6, 6.07) is 9.48. The summed E-state index contributed by atoms with van der Waals surface area (Å²) in [5.74, 6) is 1.36. The van der Waals surface area contributed by atoms with Crippen LogP contribution in [0.15, 0.2) is 36.5 Å². The van der Waals surface area contributed by atoms with Crippen LogP contribution in [0, 0.1) is 0 Å². The van der Waals surface area contributed by atoms with Crippen molar-refractivity contribution in [3.05, 3.63) is 58.1 Å². The number of nitrogens with zero attached hydrogens (tertiary/aromatic N) is 4. The fourth-order valence-corrected chi connectivity index (χ4v) is 2.73. The number of pyridine rings is 1. The summed E-state index contributed by atoms with van der Waals surface area (Å²) in [5.41, 5.74) is 2.68. The first-order valence-electron chi connectivity index (χ1n) is 7.61. The predicted octanol–water partition coefficient (Wildman–Crippen LogP) is 4.36. The fourth-order valence-electron chi connectivity index (χ4n) is 2.32. The first-order valence-corrected chi connectivity index (χ1v) is 8.37. The molecule has 3 aromatic heterocycles. The molecule has 0 aliphatic heterocycles. The third kappa shape index (κ3) is 3.52. The van der Waals surface area contributed by atoms with Gasteiger partial charge in [0.15, 0.2) is 5.82 Å². The molecule has 124 valence electrons. The van der Waals surface area contributed by atoms with E-state index in [0.717, 1.165) is 29.3 Å². The molecule has 0 radical (unpaired) electrons. The van der Waals surface area contributed by atoms with Gasteiger partial charge in [-0.25, -0.2) is 9.97 Å². The maximum absolute atomic E-state index is 6.10. The molecule has 0 aromatic carbocycles. The van der Waals surface area contributed by atoms with Crippen LogP contribution >= 0.6 is 23.2 Å². The van der Waals surface area contributed by atoms with Gasteiger partial charge in [0.2, 0.25) is 0 Å². The van der Waals surface area contributed by atoms with Gasteiger partial charge in [0, 0.05) is 30.7 Å². The van der Waals surface area contributed by atoms with Crippen LogP contribution in [0.25, 0.3) is 11.5 Å². The highest BCUT2D eigenvalue weighted by Gasteiger charge is 2.10.